The van der Waals surface area contributed by atoms with Gasteiger partial charge in [-0.25, -0.2) is 4.79 Å². The van der Waals surface area contributed by atoms with E-state index in [1.807, 2.05) is 13.0 Å². The van der Waals surface area contributed by atoms with Crippen LogP contribution in [0.4, 0.5) is 4.79 Å². The van der Waals surface area contributed by atoms with E-state index in [2.05, 4.69) is 5.32 Å². The molecule has 1 saturated heterocycles. The Hall–Kier alpha value is -1.82. The summed E-state index contributed by atoms with van der Waals surface area (Å²) in [5.41, 5.74) is 0.0341. The molecule has 0 spiro atoms. The molecule has 6 heteroatoms. The summed E-state index contributed by atoms with van der Waals surface area (Å²) in [6, 6.07) is 5.51. The summed E-state index contributed by atoms with van der Waals surface area (Å²) in [7, 11) is 0. The van der Waals surface area contributed by atoms with Crippen LogP contribution in [-0.4, -0.2) is 47.8 Å². The third-order valence-electron chi connectivity index (χ3n) is 3.62. The molecule has 2 rings (SSSR count). The lowest BCUT2D eigenvalue weighted by Gasteiger charge is -2.16. The molecule has 1 N–H and O–H groups in total. The van der Waals surface area contributed by atoms with Crippen LogP contribution in [0.3, 0.4) is 0 Å². The highest BCUT2D eigenvalue weighted by atomic mass is 16.6. The van der Waals surface area contributed by atoms with Gasteiger partial charge in [0, 0.05) is 37.9 Å². The predicted molar refractivity (Wildman–Crippen MR) is 80.3 cm³/mol. The first-order chi connectivity index (χ1) is 10.2. The Morgan fingerprint density at radius 2 is 2.33 bits per heavy atom. The summed E-state index contributed by atoms with van der Waals surface area (Å²) < 4.78 is 6.70. The van der Waals surface area contributed by atoms with Crippen molar-refractivity contribution in [3.63, 3.8) is 0 Å². The van der Waals surface area contributed by atoms with Gasteiger partial charge in [0.1, 0.15) is 0 Å². The van der Waals surface area contributed by atoms with E-state index in [0.717, 1.165) is 25.9 Å². The van der Waals surface area contributed by atoms with Crippen LogP contribution in [-0.2, 0) is 11.3 Å². The third kappa shape index (κ3) is 4.60. The molecular formula is C15H23N3O3. The number of aryl methyl sites for hydroxylation is 1. The number of nitrogens with zero attached hydrogens (tertiary/aromatic N) is 2. The molecule has 2 heterocycles. The summed E-state index contributed by atoms with van der Waals surface area (Å²) in [6.45, 7) is 5.22. The van der Waals surface area contributed by atoms with Gasteiger partial charge in [-0.15, -0.1) is 0 Å². The highest BCUT2D eigenvalue weighted by Gasteiger charge is 2.26. The normalized spacial score (nSPS) is 18.0. The second kappa shape index (κ2) is 7.83. The first-order valence-corrected chi connectivity index (χ1v) is 7.51. The van der Waals surface area contributed by atoms with E-state index in [1.165, 1.54) is 0 Å². The Kier molecular flexibility index (Phi) is 5.80. The number of nitrogens with one attached hydrogen (secondary N) is 1. The quantitative estimate of drug-likeness (QED) is 0.797. The SMILES string of the molecule is CCOC(=O)N1CCC(NCCCn2ccccc2=O)C1. The van der Waals surface area contributed by atoms with Crippen molar-refractivity contribution in [1.82, 2.24) is 14.8 Å². The van der Waals surface area contributed by atoms with Crippen molar-refractivity contribution >= 4 is 6.09 Å². The Bertz CT molecular complexity index is 515. The number of ether oxygens (including phenoxy) is 1. The topological polar surface area (TPSA) is 63.6 Å². The molecule has 0 radical (unpaired) electrons. The van der Waals surface area contributed by atoms with Crippen LogP contribution in [0.1, 0.15) is 19.8 Å². The van der Waals surface area contributed by atoms with E-state index in [0.29, 0.717) is 25.7 Å². The molecular weight excluding hydrogens is 270 g/mol. The van der Waals surface area contributed by atoms with Gasteiger partial charge in [-0.3, -0.25) is 4.79 Å². The first-order valence-electron chi connectivity index (χ1n) is 7.51. The monoisotopic (exact) mass is 293 g/mol. The highest BCUT2D eigenvalue weighted by molar-refractivity contribution is 5.68. The standard InChI is InChI=1S/C15H23N3O3/c1-2-21-15(20)18-11-7-13(12-18)16-8-5-10-17-9-4-3-6-14(17)19/h3-4,6,9,13,16H,2,5,7-8,10-12H2,1H3. The molecule has 1 fully saturated rings. The maximum atomic E-state index is 11.6. The van der Waals surface area contributed by atoms with Gasteiger partial charge >= 0.3 is 6.09 Å². The Morgan fingerprint density at radius 1 is 1.48 bits per heavy atom. The minimum Gasteiger partial charge on any atom is -0.450 e. The lowest BCUT2D eigenvalue weighted by Crippen LogP contribution is -2.36. The fraction of sp³-hybridized carbons (Fsp3) is 0.600. The zero-order valence-electron chi connectivity index (χ0n) is 12.5. The molecule has 1 aromatic rings. The number of likely N-dealkylation sites (tertiary alicyclic amines) is 1. The number of pyridine rings is 1. The van der Waals surface area contributed by atoms with Crippen LogP contribution in [0.25, 0.3) is 0 Å². The van der Waals surface area contributed by atoms with Gasteiger partial charge in [0.25, 0.3) is 0 Å². The molecule has 21 heavy (non-hydrogen) atoms. The zero-order chi connectivity index (χ0) is 15.1. The molecule has 1 amide bonds. The number of amides is 1. The molecule has 0 bridgehead atoms. The first kappa shape index (κ1) is 15.6. The highest BCUT2D eigenvalue weighted by Crippen LogP contribution is 2.10. The molecule has 0 aliphatic carbocycles. The smallest absolute Gasteiger partial charge is 0.409 e. The summed E-state index contributed by atoms with van der Waals surface area (Å²) >= 11 is 0. The zero-order valence-corrected chi connectivity index (χ0v) is 12.5. The molecule has 6 nitrogen and oxygen atoms in total. The summed E-state index contributed by atoms with van der Waals surface area (Å²) in [4.78, 5) is 24.9. The van der Waals surface area contributed by atoms with Crippen molar-refractivity contribution < 1.29 is 9.53 Å². The maximum Gasteiger partial charge on any atom is 0.409 e. The Balaban J connectivity index is 1.65. The summed E-state index contributed by atoms with van der Waals surface area (Å²) in [6.07, 6.45) is 3.42. The van der Waals surface area contributed by atoms with Crippen LogP contribution in [0.15, 0.2) is 29.2 Å². The molecule has 0 aromatic carbocycles. The second-order valence-electron chi connectivity index (χ2n) is 5.17. The van der Waals surface area contributed by atoms with Crippen molar-refractivity contribution in [1.29, 1.82) is 0 Å². The van der Waals surface area contributed by atoms with E-state index < -0.39 is 0 Å². The van der Waals surface area contributed by atoms with E-state index in [1.54, 1.807) is 27.8 Å². The van der Waals surface area contributed by atoms with E-state index in [4.69, 9.17) is 4.74 Å². The Labute approximate surface area is 124 Å². The van der Waals surface area contributed by atoms with Crippen molar-refractivity contribution in [2.45, 2.75) is 32.4 Å². The molecule has 1 aliphatic rings. The average molecular weight is 293 g/mol. The fourth-order valence-corrected chi connectivity index (χ4v) is 2.51. The molecule has 0 saturated carbocycles. The van der Waals surface area contributed by atoms with E-state index in [9.17, 15) is 9.59 Å². The molecule has 1 aliphatic heterocycles. The van der Waals surface area contributed by atoms with Crippen LogP contribution in [0.5, 0.6) is 0 Å². The summed E-state index contributed by atoms with van der Waals surface area (Å²) in [5.74, 6) is 0. The van der Waals surface area contributed by atoms with E-state index >= 15 is 0 Å². The number of carbonyl (C=O) groups is 1. The third-order valence-corrected chi connectivity index (χ3v) is 3.62. The van der Waals surface area contributed by atoms with Gasteiger partial charge in [-0.2, -0.15) is 0 Å². The van der Waals surface area contributed by atoms with Crippen molar-refractivity contribution in [3.05, 3.63) is 34.7 Å². The van der Waals surface area contributed by atoms with E-state index in [-0.39, 0.29) is 11.7 Å². The van der Waals surface area contributed by atoms with Crippen LogP contribution in [0.2, 0.25) is 0 Å². The Morgan fingerprint density at radius 3 is 3.10 bits per heavy atom. The average Bonchev–Trinajstić information content (AvgIpc) is 2.94. The minimum atomic E-state index is -0.224. The fourth-order valence-electron chi connectivity index (χ4n) is 2.51. The van der Waals surface area contributed by atoms with Crippen LogP contribution >= 0.6 is 0 Å². The van der Waals surface area contributed by atoms with Gasteiger partial charge in [0.05, 0.1) is 6.61 Å². The van der Waals surface area contributed by atoms with Gasteiger partial charge in [0.2, 0.25) is 5.56 Å². The molecule has 116 valence electrons. The lowest BCUT2D eigenvalue weighted by molar-refractivity contribution is 0.115. The number of hydrogen-bond acceptors (Lipinski definition) is 4. The van der Waals surface area contributed by atoms with Crippen molar-refractivity contribution in [2.24, 2.45) is 0 Å². The number of rotatable bonds is 6. The van der Waals surface area contributed by atoms with Gasteiger partial charge < -0.3 is 19.5 Å². The number of hydrogen-bond donors (Lipinski definition) is 1. The summed E-state index contributed by atoms with van der Waals surface area (Å²) in [5, 5.41) is 3.43. The maximum absolute atomic E-state index is 11.6. The predicted octanol–water partition coefficient (Wildman–Crippen LogP) is 1.06. The number of carbonyl (C=O) groups excluding carboxylic acids is 1. The molecule has 1 atom stereocenters. The lowest BCUT2D eigenvalue weighted by atomic mass is 10.2. The van der Waals surface area contributed by atoms with Crippen molar-refractivity contribution in [3.8, 4) is 0 Å². The van der Waals surface area contributed by atoms with Crippen LogP contribution < -0.4 is 10.9 Å². The second-order valence-corrected chi connectivity index (χ2v) is 5.17. The van der Waals surface area contributed by atoms with Crippen LogP contribution in [0, 0.1) is 0 Å². The van der Waals surface area contributed by atoms with Crippen molar-refractivity contribution in [2.75, 3.05) is 26.2 Å². The largest absolute Gasteiger partial charge is 0.450 e. The molecule has 1 aromatic heterocycles. The van der Waals surface area contributed by atoms with Gasteiger partial charge in [-0.05, 0) is 32.4 Å². The van der Waals surface area contributed by atoms with Gasteiger partial charge in [0.15, 0.2) is 0 Å². The minimum absolute atomic E-state index is 0.0341. The van der Waals surface area contributed by atoms with Gasteiger partial charge in [-0.1, -0.05) is 6.07 Å². The number of aromatic nitrogens is 1. The molecule has 1 unspecified atom stereocenters.